The molecule has 23 heavy (non-hydrogen) atoms. The molecule has 1 aliphatic carbocycles. The van der Waals surface area contributed by atoms with Gasteiger partial charge in [-0.3, -0.25) is 0 Å². The summed E-state index contributed by atoms with van der Waals surface area (Å²) in [4.78, 5) is 6.77. The summed E-state index contributed by atoms with van der Waals surface area (Å²) in [6, 6.07) is 1.62. The molecule has 4 rings (SSSR count). The predicted molar refractivity (Wildman–Crippen MR) is 83.2 cm³/mol. The van der Waals surface area contributed by atoms with E-state index in [-0.39, 0.29) is 6.61 Å². The van der Waals surface area contributed by atoms with Gasteiger partial charge in [-0.05, 0) is 36.9 Å². The number of rotatable bonds is 3. The van der Waals surface area contributed by atoms with Crippen LogP contribution in [0.4, 0.5) is 24.5 Å². The van der Waals surface area contributed by atoms with Crippen molar-refractivity contribution in [3.63, 3.8) is 0 Å². The molecule has 0 amide bonds. The number of ether oxygens (including phenoxy) is 1. The van der Waals surface area contributed by atoms with E-state index in [0.29, 0.717) is 35.3 Å². The van der Waals surface area contributed by atoms with E-state index >= 15 is 0 Å². The number of morpholine rings is 1. The van der Waals surface area contributed by atoms with Gasteiger partial charge in [0.15, 0.2) is 0 Å². The van der Waals surface area contributed by atoms with Crippen molar-refractivity contribution in [2.24, 2.45) is 10.9 Å². The molecule has 4 nitrogen and oxygen atoms in total. The summed E-state index contributed by atoms with van der Waals surface area (Å²) < 4.78 is 48.9. The molecule has 1 atom stereocenters. The minimum atomic E-state index is -2.56. The van der Waals surface area contributed by atoms with Crippen LogP contribution in [-0.2, 0) is 4.74 Å². The van der Waals surface area contributed by atoms with Crippen molar-refractivity contribution in [2.45, 2.75) is 30.2 Å². The van der Waals surface area contributed by atoms with E-state index in [1.165, 1.54) is 29.0 Å². The number of hydrogen-bond acceptors (Lipinski definition) is 5. The number of halogens is 3. The molecule has 3 aliphatic rings. The number of hydrogen-bond donors (Lipinski definition) is 1. The second-order valence-electron chi connectivity index (χ2n) is 5.92. The summed E-state index contributed by atoms with van der Waals surface area (Å²) in [5, 5.41) is 0. The van der Waals surface area contributed by atoms with Crippen molar-refractivity contribution in [3.8, 4) is 0 Å². The lowest BCUT2D eigenvalue weighted by atomic mass is 10.1. The fourth-order valence-electron chi connectivity index (χ4n) is 2.88. The third-order valence-corrected chi connectivity index (χ3v) is 5.09. The second-order valence-corrected chi connectivity index (χ2v) is 6.77. The Morgan fingerprint density at radius 2 is 2.17 bits per heavy atom. The van der Waals surface area contributed by atoms with Crippen LogP contribution in [0.25, 0.3) is 0 Å². The molecule has 0 radical (unpaired) electrons. The summed E-state index contributed by atoms with van der Waals surface area (Å²) in [5.41, 5.74) is 1.02. The van der Waals surface area contributed by atoms with Crippen LogP contribution in [-0.4, -0.2) is 38.1 Å². The van der Waals surface area contributed by atoms with Crippen molar-refractivity contribution < 1.29 is 17.9 Å². The SMILES string of the molecule is Fc1cc2c(c(N3CCOC[C@@H]3C(F)F)c1)N=C(C1CC1)NS2. The molecule has 0 spiro atoms. The van der Waals surface area contributed by atoms with Gasteiger partial charge in [0, 0.05) is 12.5 Å². The molecule has 0 aromatic heterocycles. The maximum Gasteiger partial charge on any atom is 0.260 e. The number of anilines is 1. The monoisotopic (exact) mass is 343 g/mol. The van der Waals surface area contributed by atoms with Crippen molar-refractivity contribution >= 4 is 29.2 Å². The van der Waals surface area contributed by atoms with Crippen LogP contribution in [0.5, 0.6) is 0 Å². The third kappa shape index (κ3) is 2.89. The Bertz CT molecular complexity index is 651. The molecule has 1 saturated carbocycles. The van der Waals surface area contributed by atoms with Crippen LogP contribution in [0.1, 0.15) is 12.8 Å². The van der Waals surface area contributed by atoms with Crippen molar-refractivity contribution in [1.82, 2.24) is 4.72 Å². The van der Waals surface area contributed by atoms with E-state index in [4.69, 9.17) is 4.74 Å². The number of amidine groups is 1. The average molecular weight is 343 g/mol. The Hall–Kier alpha value is -1.41. The van der Waals surface area contributed by atoms with Crippen LogP contribution in [0.3, 0.4) is 0 Å². The molecule has 2 aliphatic heterocycles. The Kier molecular flexibility index (Phi) is 3.88. The maximum atomic E-state index is 14.0. The van der Waals surface area contributed by atoms with E-state index in [0.717, 1.165) is 18.7 Å². The fourth-order valence-corrected chi connectivity index (χ4v) is 3.73. The Morgan fingerprint density at radius 1 is 1.35 bits per heavy atom. The van der Waals surface area contributed by atoms with Gasteiger partial charge in [0.2, 0.25) is 0 Å². The highest BCUT2D eigenvalue weighted by atomic mass is 32.2. The van der Waals surface area contributed by atoms with Gasteiger partial charge in [-0.15, -0.1) is 0 Å². The minimum absolute atomic E-state index is 0.0620. The van der Waals surface area contributed by atoms with Crippen molar-refractivity contribution in [1.29, 1.82) is 0 Å². The first-order valence-electron chi connectivity index (χ1n) is 7.61. The fraction of sp³-hybridized carbons (Fsp3) is 0.533. The summed E-state index contributed by atoms with van der Waals surface area (Å²) in [6.45, 7) is 0.587. The lowest BCUT2D eigenvalue weighted by Crippen LogP contribution is -2.49. The van der Waals surface area contributed by atoms with Crippen molar-refractivity contribution in [3.05, 3.63) is 17.9 Å². The lowest BCUT2D eigenvalue weighted by molar-refractivity contribution is 0.0207. The first-order valence-corrected chi connectivity index (χ1v) is 8.42. The van der Waals surface area contributed by atoms with E-state index in [1.807, 2.05) is 0 Å². The minimum Gasteiger partial charge on any atom is -0.377 e. The first-order chi connectivity index (χ1) is 11.1. The summed E-state index contributed by atoms with van der Waals surface area (Å²) in [7, 11) is 0. The van der Waals surface area contributed by atoms with Crippen LogP contribution in [0, 0.1) is 11.7 Å². The van der Waals surface area contributed by atoms with E-state index in [9.17, 15) is 13.2 Å². The quantitative estimate of drug-likeness (QED) is 0.854. The first kappa shape index (κ1) is 15.1. The number of nitrogens with one attached hydrogen (secondary N) is 1. The Labute approximate surface area is 136 Å². The van der Waals surface area contributed by atoms with Crippen LogP contribution in [0.2, 0.25) is 0 Å². The zero-order valence-corrected chi connectivity index (χ0v) is 13.1. The van der Waals surface area contributed by atoms with Gasteiger partial charge in [0.1, 0.15) is 23.4 Å². The van der Waals surface area contributed by atoms with E-state index in [2.05, 4.69) is 9.71 Å². The standard InChI is InChI=1S/C15H16F3N3OS/c16-9-5-10(21-3-4-22-7-11(21)14(17)18)13-12(6-9)23-20-15(19-13)8-1-2-8/h5-6,8,11,14H,1-4,7H2,(H,19,20)/t11-/m1/s1. The van der Waals surface area contributed by atoms with Gasteiger partial charge in [0.25, 0.3) is 6.43 Å². The largest absolute Gasteiger partial charge is 0.377 e. The second kappa shape index (κ2) is 5.90. The van der Waals surface area contributed by atoms with Gasteiger partial charge in [-0.2, -0.15) is 0 Å². The molecular weight excluding hydrogens is 327 g/mol. The number of benzene rings is 1. The average Bonchev–Trinajstić information content (AvgIpc) is 3.38. The molecule has 2 heterocycles. The number of nitrogens with zero attached hydrogens (tertiary/aromatic N) is 2. The zero-order chi connectivity index (χ0) is 16.0. The van der Waals surface area contributed by atoms with E-state index < -0.39 is 18.3 Å². The molecule has 1 aromatic carbocycles. The highest BCUT2D eigenvalue weighted by Gasteiger charge is 2.35. The number of aliphatic imine (C=N–C) groups is 1. The van der Waals surface area contributed by atoms with Crippen LogP contribution in [0.15, 0.2) is 22.0 Å². The molecule has 124 valence electrons. The highest BCUT2D eigenvalue weighted by Crippen LogP contribution is 2.44. The third-order valence-electron chi connectivity index (χ3n) is 4.25. The molecule has 1 aromatic rings. The van der Waals surface area contributed by atoms with Crippen LogP contribution < -0.4 is 9.62 Å². The summed E-state index contributed by atoms with van der Waals surface area (Å²) >= 11 is 1.30. The zero-order valence-electron chi connectivity index (χ0n) is 12.3. The topological polar surface area (TPSA) is 36.9 Å². The van der Waals surface area contributed by atoms with E-state index in [1.54, 1.807) is 0 Å². The normalized spacial score (nSPS) is 24.3. The highest BCUT2D eigenvalue weighted by molar-refractivity contribution is 7.98. The summed E-state index contributed by atoms with van der Waals surface area (Å²) in [5.74, 6) is 0.819. The van der Waals surface area contributed by atoms with Gasteiger partial charge < -0.3 is 14.4 Å². The van der Waals surface area contributed by atoms with Gasteiger partial charge in [-0.25, -0.2) is 18.2 Å². The smallest absolute Gasteiger partial charge is 0.260 e. The Morgan fingerprint density at radius 3 is 2.91 bits per heavy atom. The number of alkyl halides is 2. The number of fused-ring (bicyclic) bond motifs is 1. The predicted octanol–water partition coefficient (Wildman–Crippen LogP) is 3.35. The molecule has 0 unspecified atom stereocenters. The molecule has 2 fully saturated rings. The van der Waals surface area contributed by atoms with Gasteiger partial charge >= 0.3 is 0 Å². The Balaban J connectivity index is 1.77. The maximum absolute atomic E-state index is 14.0. The van der Waals surface area contributed by atoms with Crippen LogP contribution >= 0.6 is 11.9 Å². The molecule has 0 bridgehead atoms. The van der Waals surface area contributed by atoms with Gasteiger partial charge in [-0.1, -0.05) is 0 Å². The molecule has 1 N–H and O–H groups in total. The summed E-state index contributed by atoms with van der Waals surface area (Å²) in [6.07, 6.45) is -0.402. The van der Waals surface area contributed by atoms with Crippen molar-refractivity contribution in [2.75, 3.05) is 24.7 Å². The molecule has 1 saturated heterocycles. The van der Waals surface area contributed by atoms with Gasteiger partial charge in [0.05, 0.1) is 23.8 Å². The molecule has 8 heteroatoms. The molecular formula is C15H16F3N3OS. The lowest BCUT2D eigenvalue weighted by Gasteiger charge is -2.38.